The quantitative estimate of drug-likeness (QED) is 0.867. The maximum absolute atomic E-state index is 11.9. The Hall–Kier alpha value is -1.94. The van der Waals surface area contributed by atoms with Crippen LogP contribution in [0, 0.1) is 12.8 Å². The number of amides is 1. The van der Waals surface area contributed by atoms with Crippen molar-refractivity contribution in [2.24, 2.45) is 5.92 Å². The molecule has 1 aromatic heterocycles. The summed E-state index contributed by atoms with van der Waals surface area (Å²) in [5.41, 5.74) is 0.953. The first kappa shape index (κ1) is 16.4. The van der Waals surface area contributed by atoms with Crippen LogP contribution >= 0.6 is 11.6 Å². The minimum absolute atomic E-state index is 0.206. The number of nitrogens with one attached hydrogen (secondary N) is 1. The number of halogens is 1. The minimum Gasteiger partial charge on any atom is -0.485 e. The van der Waals surface area contributed by atoms with Crippen LogP contribution in [0.1, 0.15) is 35.7 Å². The van der Waals surface area contributed by atoms with Gasteiger partial charge in [-0.25, -0.2) is 0 Å². The van der Waals surface area contributed by atoms with E-state index in [1.54, 1.807) is 18.2 Å². The third kappa shape index (κ3) is 4.53. The average molecular weight is 322 g/mol. The van der Waals surface area contributed by atoms with E-state index in [0.717, 1.165) is 11.3 Å². The monoisotopic (exact) mass is 321 g/mol. The second kappa shape index (κ2) is 7.36. The van der Waals surface area contributed by atoms with Gasteiger partial charge in [-0.3, -0.25) is 4.79 Å². The number of carbonyl (C=O) groups is 1. The highest BCUT2D eigenvalue weighted by molar-refractivity contribution is 6.30. The van der Waals surface area contributed by atoms with Gasteiger partial charge in [-0.15, -0.1) is 0 Å². The number of rotatable bonds is 6. The molecule has 0 saturated heterocycles. The van der Waals surface area contributed by atoms with E-state index >= 15 is 0 Å². The van der Waals surface area contributed by atoms with Gasteiger partial charge in [-0.05, 0) is 48.7 Å². The topological polar surface area (TPSA) is 51.5 Å². The van der Waals surface area contributed by atoms with Gasteiger partial charge in [0.25, 0.3) is 5.91 Å². The van der Waals surface area contributed by atoms with Gasteiger partial charge in [-0.2, -0.15) is 0 Å². The molecule has 0 saturated carbocycles. The van der Waals surface area contributed by atoms with Crippen LogP contribution in [0.3, 0.4) is 0 Å². The van der Waals surface area contributed by atoms with Gasteiger partial charge in [0, 0.05) is 11.6 Å². The fourth-order valence-electron chi connectivity index (χ4n) is 1.89. The molecule has 0 aliphatic heterocycles. The van der Waals surface area contributed by atoms with Crippen LogP contribution < -0.4 is 10.1 Å². The van der Waals surface area contributed by atoms with E-state index in [1.807, 2.05) is 32.9 Å². The van der Waals surface area contributed by atoms with Crippen molar-refractivity contribution in [3.63, 3.8) is 0 Å². The first-order chi connectivity index (χ1) is 10.5. The van der Waals surface area contributed by atoms with Crippen molar-refractivity contribution in [1.82, 2.24) is 5.32 Å². The maximum Gasteiger partial charge on any atom is 0.287 e. The first-order valence-electron chi connectivity index (χ1n) is 7.21. The Bertz CT molecular complexity index is 649. The molecule has 4 nitrogen and oxygen atoms in total. The van der Waals surface area contributed by atoms with Gasteiger partial charge < -0.3 is 14.5 Å². The number of carbonyl (C=O) groups excluding carboxylic acids is 1. The lowest BCUT2D eigenvalue weighted by molar-refractivity contribution is 0.0917. The van der Waals surface area contributed by atoms with Gasteiger partial charge in [-0.1, -0.05) is 25.4 Å². The molecule has 0 bridgehead atoms. The standard InChI is InChI=1S/C17H20ClNO3/c1-11(2)9-19-17(20)16-7-5-14(22-16)10-21-15-6-4-13(18)8-12(15)3/h4-8,11H,9-10H2,1-3H3,(H,19,20). The maximum atomic E-state index is 11.9. The molecule has 0 fully saturated rings. The molecule has 1 amide bonds. The van der Waals surface area contributed by atoms with Crippen LogP contribution in [-0.4, -0.2) is 12.5 Å². The normalized spacial score (nSPS) is 10.8. The highest BCUT2D eigenvalue weighted by Crippen LogP contribution is 2.23. The second-order valence-electron chi connectivity index (χ2n) is 5.57. The van der Waals surface area contributed by atoms with E-state index in [1.165, 1.54) is 0 Å². The summed E-state index contributed by atoms with van der Waals surface area (Å²) in [7, 11) is 0. The molecule has 0 unspecified atom stereocenters. The Morgan fingerprint density at radius 2 is 2.09 bits per heavy atom. The van der Waals surface area contributed by atoms with Crippen molar-refractivity contribution in [2.75, 3.05) is 6.54 Å². The Morgan fingerprint density at radius 1 is 1.32 bits per heavy atom. The van der Waals surface area contributed by atoms with E-state index in [9.17, 15) is 4.79 Å². The van der Waals surface area contributed by atoms with Crippen LogP contribution in [0.5, 0.6) is 5.75 Å². The second-order valence-corrected chi connectivity index (χ2v) is 6.00. The smallest absolute Gasteiger partial charge is 0.287 e. The lowest BCUT2D eigenvalue weighted by Crippen LogP contribution is -2.26. The molecule has 1 aromatic carbocycles. The van der Waals surface area contributed by atoms with E-state index in [0.29, 0.717) is 29.0 Å². The third-order valence-corrected chi connectivity index (χ3v) is 3.30. The molecule has 1 heterocycles. The Kier molecular flexibility index (Phi) is 5.50. The SMILES string of the molecule is Cc1cc(Cl)ccc1OCc1ccc(C(=O)NCC(C)C)o1. The predicted molar refractivity (Wildman–Crippen MR) is 86.4 cm³/mol. The number of furan rings is 1. The van der Waals surface area contributed by atoms with Gasteiger partial charge in [0.05, 0.1) is 0 Å². The summed E-state index contributed by atoms with van der Waals surface area (Å²) in [6, 6.07) is 8.83. The van der Waals surface area contributed by atoms with E-state index < -0.39 is 0 Å². The first-order valence-corrected chi connectivity index (χ1v) is 7.59. The van der Waals surface area contributed by atoms with Crippen molar-refractivity contribution in [3.05, 3.63) is 52.4 Å². The summed E-state index contributed by atoms with van der Waals surface area (Å²) in [5.74, 6) is 1.83. The van der Waals surface area contributed by atoms with Crippen LogP contribution in [0.4, 0.5) is 0 Å². The number of hydrogen-bond donors (Lipinski definition) is 1. The average Bonchev–Trinajstić information content (AvgIpc) is 2.92. The Morgan fingerprint density at radius 3 is 2.77 bits per heavy atom. The number of benzene rings is 1. The summed E-state index contributed by atoms with van der Waals surface area (Å²) < 4.78 is 11.2. The zero-order valence-corrected chi connectivity index (χ0v) is 13.7. The molecule has 2 rings (SSSR count). The highest BCUT2D eigenvalue weighted by Gasteiger charge is 2.12. The van der Waals surface area contributed by atoms with Crippen LogP contribution in [-0.2, 0) is 6.61 Å². The molecule has 0 aliphatic carbocycles. The van der Waals surface area contributed by atoms with Gasteiger partial charge in [0.1, 0.15) is 18.1 Å². The zero-order chi connectivity index (χ0) is 16.1. The molecule has 1 N–H and O–H groups in total. The molecular formula is C17H20ClNO3. The molecule has 0 aliphatic rings. The molecule has 0 radical (unpaired) electrons. The molecule has 0 atom stereocenters. The van der Waals surface area contributed by atoms with Crippen LogP contribution in [0.2, 0.25) is 5.02 Å². The van der Waals surface area contributed by atoms with Crippen molar-refractivity contribution in [1.29, 1.82) is 0 Å². The summed E-state index contributed by atoms with van der Waals surface area (Å²) in [4.78, 5) is 11.9. The van der Waals surface area contributed by atoms with Crippen molar-refractivity contribution < 1.29 is 13.9 Å². The summed E-state index contributed by atoms with van der Waals surface area (Å²) in [6.07, 6.45) is 0. The van der Waals surface area contributed by atoms with Crippen molar-refractivity contribution in [3.8, 4) is 5.75 Å². The number of aryl methyl sites for hydroxylation is 1. The number of hydrogen-bond acceptors (Lipinski definition) is 3. The molecule has 5 heteroatoms. The minimum atomic E-state index is -0.206. The zero-order valence-electron chi connectivity index (χ0n) is 13.0. The van der Waals surface area contributed by atoms with E-state index in [2.05, 4.69) is 5.32 Å². The summed E-state index contributed by atoms with van der Waals surface area (Å²) in [5, 5.41) is 3.49. The fourth-order valence-corrected chi connectivity index (χ4v) is 2.11. The molecule has 118 valence electrons. The summed E-state index contributed by atoms with van der Waals surface area (Å²) >= 11 is 5.91. The lowest BCUT2D eigenvalue weighted by atomic mass is 10.2. The van der Waals surface area contributed by atoms with E-state index in [-0.39, 0.29) is 12.5 Å². The van der Waals surface area contributed by atoms with Crippen LogP contribution in [0.25, 0.3) is 0 Å². The van der Waals surface area contributed by atoms with E-state index in [4.69, 9.17) is 20.8 Å². The largest absolute Gasteiger partial charge is 0.485 e. The molecule has 0 spiro atoms. The third-order valence-electron chi connectivity index (χ3n) is 3.06. The van der Waals surface area contributed by atoms with Crippen molar-refractivity contribution >= 4 is 17.5 Å². The van der Waals surface area contributed by atoms with Crippen molar-refractivity contribution in [2.45, 2.75) is 27.4 Å². The Labute approximate surface area is 135 Å². The molecule has 22 heavy (non-hydrogen) atoms. The predicted octanol–water partition coefficient (Wildman–Crippen LogP) is 4.21. The highest BCUT2D eigenvalue weighted by atomic mass is 35.5. The summed E-state index contributed by atoms with van der Waals surface area (Å²) in [6.45, 7) is 6.88. The van der Waals surface area contributed by atoms with Gasteiger partial charge >= 0.3 is 0 Å². The Balaban J connectivity index is 1.93. The lowest BCUT2D eigenvalue weighted by Gasteiger charge is -2.08. The van der Waals surface area contributed by atoms with Crippen LogP contribution in [0.15, 0.2) is 34.7 Å². The van der Waals surface area contributed by atoms with Gasteiger partial charge in [0.2, 0.25) is 0 Å². The number of ether oxygens (including phenoxy) is 1. The van der Waals surface area contributed by atoms with Gasteiger partial charge in [0.15, 0.2) is 5.76 Å². The fraction of sp³-hybridized carbons (Fsp3) is 0.353. The molecule has 2 aromatic rings. The molecular weight excluding hydrogens is 302 g/mol.